The summed E-state index contributed by atoms with van der Waals surface area (Å²) < 4.78 is 27.5. The van der Waals surface area contributed by atoms with Crippen molar-refractivity contribution in [2.75, 3.05) is 13.2 Å². The van der Waals surface area contributed by atoms with Gasteiger partial charge in [-0.05, 0) is 24.4 Å². The number of thioether (sulfide) groups is 1. The first-order chi connectivity index (χ1) is 18.0. The number of nitrogens with zero attached hydrogens (tertiary/aromatic N) is 2. The minimum absolute atomic E-state index is 0.211. The van der Waals surface area contributed by atoms with Crippen molar-refractivity contribution in [1.82, 2.24) is 4.90 Å². The van der Waals surface area contributed by atoms with Gasteiger partial charge in [0, 0.05) is 39.1 Å². The summed E-state index contributed by atoms with van der Waals surface area (Å²) in [5.41, 5.74) is -0.875. The zero-order valence-electron chi connectivity index (χ0n) is 21.4. The number of carbonyl (C=O) groups excluding carboxylic acids is 5. The van der Waals surface area contributed by atoms with Gasteiger partial charge in [-0.15, -0.1) is 11.3 Å². The van der Waals surface area contributed by atoms with Gasteiger partial charge in [0.05, 0.1) is 0 Å². The number of hydrogen-bond donors (Lipinski definition) is 0. The van der Waals surface area contributed by atoms with Crippen molar-refractivity contribution in [1.29, 1.82) is 0 Å². The van der Waals surface area contributed by atoms with Crippen molar-refractivity contribution < 1.29 is 47.7 Å². The topological polar surface area (TPSA) is 147 Å². The second-order valence-electron chi connectivity index (χ2n) is 8.17. The minimum atomic E-state index is -1.30. The van der Waals surface area contributed by atoms with E-state index in [0.717, 1.165) is 37.4 Å². The lowest BCUT2D eigenvalue weighted by Crippen LogP contribution is -2.61. The molecule has 2 aliphatic rings. The number of amidine groups is 1. The number of ether oxygens (including phenoxy) is 5. The molecule has 5 atom stereocenters. The number of carbonyl (C=O) groups is 5. The molecule has 1 aromatic rings. The Bertz CT molecular complexity index is 1130. The minimum Gasteiger partial charge on any atom is -0.463 e. The van der Waals surface area contributed by atoms with Crippen LogP contribution in [0.25, 0.3) is 6.08 Å². The third kappa shape index (κ3) is 7.42. The predicted molar refractivity (Wildman–Crippen MR) is 137 cm³/mol. The first-order valence-electron chi connectivity index (χ1n) is 11.6. The van der Waals surface area contributed by atoms with Crippen LogP contribution in [0.2, 0.25) is 0 Å². The van der Waals surface area contributed by atoms with E-state index in [1.165, 1.54) is 23.2 Å². The Kier molecular flexibility index (Phi) is 10.1. The first-order valence-corrected chi connectivity index (χ1v) is 13.4. The van der Waals surface area contributed by atoms with Crippen molar-refractivity contribution in [3.8, 4) is 0 Å². The molecule has 0 saturated carbocycles. The zero-order valence-corrected chi connectivity index (χ0v) is 23.0. The van der Waals surface area contributed by atoms with Gasteiger partial charge in [-0.3, -0.25) is 28.9 Å². The molecule has 3 rings (SSSR count). The van der Waals surface area contributed by atoms with Gasteiger partial charge in [0.25, 0.3) is 5.91 Å². The summed E-state index contributed by atoms with van der Waals surface area (Å²) in [6.45, 7) is 6.37. The lowest BCUT2D eigenvalue weighted by molar-refractivity contribution is -0.237. The van der Waals surface area contributed by atoms with Crippen LogP contribution in [0.15, 0.2) is 28.2 Å². The van der Waals surface area contributed by atoms with Gasteiger partial charge >= 0.3 is 23.9 Å². The van der Waals surface area contributed by atoms with Gasteiger partial charge < -0.3 is 23.7 Å². The van der Waals surface area contributed by atoms with Gasteiger partial charge in [0.2, 0.25) is 0 Å². The predicted octanol–water partition coefficient (Wildman–Crippen LogP) is 2.12. The van der Waals surface area contributed by atoms with E-state index in [2.05, 4.69) is 4.99 Å². The van der Waals surface area contributed by atoms with Crippen molar-refractivity contribution in [3.05, 3.63) is 28.1 Å². The number of aliphatic imine (C=N–C) groups is 1. The fourth-order valence-electron chi connectivity index (χ4n) is 3.79. The van der Waals surface area contributed by atoms with Gasteiger partial charge in [-0.2, -0.15) is 0 Å². The van der Waals surface area contributed by atoms with Gasteiger partial charge in [0.15, 0.2) is 28.9 Å². The quantitative estimate of drug-likeness (QED) is 0.258. The molecule has 0 aliphatic carbocycles. The highest BCUT2D eigenvalue weighted by molar-refractivity contribution is 8.14. The van der Waals surface area contributed by atoms with E-state index >= 15 is 0 Å². The molecule has 12 nitrogen and oxygen atoms in total. The average molecular weight is 569 g/mol. The van der Waals surface area contributed by atoms with Crippen LogP contribution in [-0.2, 0) is 47.7 Å². The van der Waals surface area contributed by atoms with Crippen molar-refractivity contribution in [3.63, 3.8) is 0 Å². The number of esters is 4. The third-order valence-electron chi connectivity index (χ3n) is 5.22. The summed E-state index contributed by atoms with van der Waals surface area (Å²) >= 11 is 2.41. The normalized spacial score (nSPS) is 26.1. The molecular formula is C24H28N2O10S2. The van der Waals surface area contributed by atoms with E-state index in [9.17, 15) is 24.0 Å². The van der Waals surface area contributed by atoms with Crippen molar-refractivity contribution >= 4 is 64.1 Å². The molecule has 0 bridgehead atoms. The summed E-state index contributed by atoms with van der Waals surface area (Å²) in [7, 11) is 0. The van der Waals surface area contributed by atoms with Crippen LogP contribution in [0.1, 0.15) is 39.5 Å². The van der Waals surface area contributed by atoms with E-state index in [-0.39, 0.29) is 29.9 Å². The first kappa shape index (κ1) is 29.3. The van der Waals surface area contributed by atoms with Crippen LogP contribution >= 0.6 is 23.1 Å². The molecule has 1 amide bonds. The highest BCUT2D eigenvalue weighted by Crippen LogP contribution is 2.37. The summed E-state index contributed by atoms with van der Waals surface area (Å²) in [5, 5.41) is 2.14. The van der Waals surface area contributed by atoms with Gasteiger partial charge in [-0.1, -0.05) is 17.8 Å². The fourth-order valence-corrected chi connectivity index (χ4v) is 5.69. The Morgan fingerprint density at radius 1 is 1.03 bits per heavy atom. The monoisotopic (exact) mass is 568 g/mol. The Morgan fingerprint density at radius 2 is 1.66 bits per heavy atom. The highest BCUT2D eigenvalue weighted by atomic mass is 32.2. The highest BCUT2D eigenvalue weighted by Gasteiger charge is 2.53. The molecule has 0 unspecified atom stereocenters. The molecule has 0 N–H and O–H groups in total. The number of amides is 1. The molecule has 1 saturated heterocycles. The Hall–Kier alpha value is -3.23. The second-order valence-corrected chi connectivity index (χ2v) is 10.2. The maximum absolute atomic E-state index is 13.0. The van der Waals surface area contributed by atoms with Crippen LogP contribution in [-0.4, -0.2) is 82.9 Å². The van der Waals surface area contributed by atoms with Crippen molar-refractivity contribution in [2.24, 2.45) is 4.99 Å². The van der Waals surface area contributed by atoms with Crippen molar-refractivity contribution in [2.45, 2.75) is 64.5 Å². The molecule has 0 aromatic carbocycles. The number of likely N-dealkylation sites (N-methyl/N-ethyl adjacent to an activating group) is 1. The Morgan fingerprint density at radius 3 is 2.21 bits per heavy atom. The molecule has 0 radical (unpaired) electrons. The molecule has 0 spiro atoms. The van der Waals surface area contributed by atoms with E-state index < -0.39 is 53.7 Å². The summed E-state index contributed by atoms with van der Waals surface area (Å²) in [6, 6.07) is 3.70. The molecule has 38 heavy (non-hydrogen) atoms. The maximum atomic E-state index is 13.0. The maximum Gasteiger partial charge on any atom is 0.303 e. The van der Waals surface area contributed by atoms with Crippen LogP contribution in [0.4, 0.5) is 0 Å². The number of hydrogen-bond acceptors (Lipinski definition) is 13. The van der Waals surface area contributed by atoms with E-state index in [1.54, 1.807) is 13.0 Å². The van der Waals surface area contributed by atoms with Gasteiger partial charge in [0.1, 0.15) is 18.4 Å². The van der Waals surface area contributed by atoms with E-state index in [0.29, 0.717) is 0 Å². The van der Waals surface area contributed by atoms with Crippen LogP contribution in [0.5, 0.6) is 0 Å². The third-order valence-corrected chi connectivity index (χ3v) is 7.17. The van der Waals surface area contributed by atoms with E-state index in [4.69, 9.17) is 23.7 Å². The van der Waals surface area contributed by atoms with Crippen LogP contribution < -0.4 is 0 Å². The number of thiophene rings is 1. The molecule has 2 aliphatic heterocycles. The van der Waals surface area contributed by atoms with Crippen LogP contribution in [0.3, 0.4) is 0 Å². The average Bonchev–Trinajstić information content (AvgIpc) is 3.43. The van der Waals surface area contributed by atoms with Gasteiger partial charge in [-0.25, -0.2) is 4.99 Å². The Balaban J connectivity index is 2.00. The lowest BCUT2D eigenvalue weighted by atomic mass is 9.99. The Labute approximate surface area is 227 Å². The lowest BCUT2D eigenvalue weighted by Gasteiger charge is -2.44. The fraction of sp³-hybridized carbons (Fsp3) is 0.500. The smallest absolute Gasteiger partial charge is 0.303 e. The summed E-state index contributed by atoms with van der Waals surface area (Å²) in [4.78, 5) is 67.2. The standard InChI is InChI=1S/C24H28N2O10S2/c1-6-26-22(31)17(10-16-8-7-9-37-16)25-24(26)38-23-21(35-15(5)30)20(34-14(4)29)19(33-13(3)28)18(36-23)11-32-12(2)27/h7-10,18-21,23H,6,11H2,1-5H3/b17-10-/t18-,19-,20+,21-,23+/m1/s1. The zero-order chi connectivity index (χ0) is 28.0. The molecule has 14 heteroatoms. The SMILES string of the molecule is CCN1C(=O)/C(=C/c2cccs2)N=C1S[C@@H]1O[C@H](COC(C)=O)[C@@H](OC(C)=O)[C@H](OC(C)=O)[C@H]1OC(C)=O. The molecular weight excluding hydrogens is 540 g/mol. The summed E-state index contributed by atoms with van der Waals surface area (Å²) in [6.07, 6.45) is -3.26. The molecule has 1 fully saturated rings. The largest absolute Gasteiger partial charge is 0.463 e. The number of rotatable bonds is 8. The molecule has 1 aromatic heterocycles. The molecule has 3 heterocycles. The molecule has 206 valence electrons. The summed E-state index contributed by atoms with van der Waals surface area (Å²) in [5.74, 6) is -3.10. The van der Waals surface area contributed by atoms with Crippen LogP contribution in [0, 0.1) is 0 Å². The van der Waals surface area contributed by atoms with E-state index in [1.807, 2.05) is 17.5 Å². The second kappa shape index (κ2) is 13.0.